The Bertz CT molecular complexity index is 565. The molecule has 120 valence electrons. The Morgan fingerprint density at radius 3 is 3.05 bits per heavy atom. The van der Waals surface area contributed by atoms with Gasteiger partial charge in [0.05, 0.1) is 6.54 Å². The van der Waals surface area contributed by atoms with Gasteiger partial charge >= 0.3 is 0 Å². The van der Waals surface area contributed by atoms with Crippen molar-refractivity contribution in [1.29, 1.82) is 0 Å². The highest BCUT2D eigenvalue weighted by Crippen LogP contribution is 2.24. The number of anilines is 1. The van der Waals surface area contributed by atoms with Gasteiger partial charge in [0.25, 0.3) is 0 Å². The van der Waals surface area contributed by atoms with E-state index < -0.39 is 0 Å². The molecule has 2 amide bonds. The number of likely N-dealkylation sites (tertiary alicyclic amines) is 1. The fourth-order valence-electron chi connectivity index (χ4n) is 2.64. The molecular formula is C15H20ClN3O3. The lowest BCUT2D eigenvalue weighted by atomic mass is 10.1. The normalized spacial score (nSPS) is 17.1. The second-order valence-corrected chi connectivity index (χ2v) is 5.31. The molecule has 0 aliphatic carbocycles. The summed E-state index contributed by atoms with van der Waals surface area (Å²) in [6, 6.07) is 5.62. The number of ether oxygens (including phenoxy) is 1. The molecule has 2 aliphatic heterocycles. The zero-order valence-corrected chi connectivity index (χ0v) is 13.1. The Labute approximate surface area is 135 Å². The van der Waals surface area contributed by atoms with Crippen molar-refractivity contribution in [3.05, 3.63) is 23.8 Å². The van der Waals surface area contributed by atoms with Crippen LogP contribution in [0.15, 0.2) is 18.2 Å². The van der Waals surface area contributed by atoms with Gasteiger partial charge in [0.1, 0.15) is 12.4 Å². The van der Waals surface area contributed by atoms with Crippen molar-refractivity contribution in [3.63, 3.8) is 0 Å². The van der Waals surface area contributed by atoms with Crippen LogP contribution in [0.1, 0.15) is 18.4 Å². The maximum atomic E-state index is 12.0. The average Bonchev–Trinajstić information content (AvgIpc) is 2.74. The van der Waals surface area contributed by atoms with E-state index in [1.54, 1.807) is 4.90 Å². The zero-order chi connectivity index (χ0) is 14.7. The second kappa shape index (κ2) is 7.47. The van der Waals surface area contributed by atoms with Gasteiger partial charge in [-0.3, -0.25) is 9.59 Å². The summed E-state index contributed by atoms with van der Waals surface area (Å²) < 4.78 is 5.60. The number of nitrogens with zero attached hydrogens (tertiary/aromatic N) is 1. The number of nitrogens with one attached hydrogen (secondary N) is 2. The fourth-order valence-corrected chi connectivity index (χ4v) is 2.64. The van der Waals surface area contributed by atoms with E-state index in [0.717, 1.165) is 36.5 Å². The van der Waals surface area contributed by atoms with E-state index in [1.165, 1.54) is 0 Å². The molecule has 1 saturated heterocycles. The smallest absolute Gasteiger partial charge is 0.243 e. The SMILES string of the molecule is Cl.O=C(CN1CCCC1=O)Nc1ccc2c(c1)CNCCO2. The summed E-state index contributed by atoms with van der Waals surface area (Å²) in [7, 11) is 0. The number of fused-ring (bicyclic) bond motifs is 1. The van der Waals surface area contributed by atoms with Crippen LogP contribution < -0.4 is 15.4 Å². The van der Waals surface area contributed by atoms with E-state index >= 15 is 0 Å². The fraction of sp³-hybridized carbons (Fsp3) is 0.467. The minimum Gasteiger partial charge on any atom is -0.492 e. The van der Waals surface area contributed by atoms with Crippen LogP contribution in [0.4, 0.5) is 5.69 Å². The number of amides is 2. The van der Waals surface area contributed by atoms with Crippen molar-refractivity contribution in [2.75, 3.05) is 31.6 Å². The molecule has 0 aromatic heterocycles. The van der Waals surface area contributed by atoms with Gasteiger partial charge in [0.15, 0.2) is 0 Å². The predicted octanol–water partition coefficient (Wildman–Crippen LogP) is 1.15. The Morgan fingerprint density at radius 1 is 1.41 bits per heavy atom. The summed E-state index contributed by atoms with van der Waals surface area (Å²) in [6.07, 6.45) is 1.39. The van der Waals surface area contributed by atoms with E-state index in [2.05, 4.69) is 10.6 Å². The van der Waals surface area contributed by atoms with Crippen LogP contribution in [-0.2, 0) is 16.1 Å². The van der Waals surface area contributed by atoms with Crippen LogP contribution in [0.2, 0.25) is 0 Å². The maximum Gasteiger partial charge on any atom is 0.243 e. The van der Waals surface area contributed by atoms with E-state index in [1.807, 2.05) is 18.2 Å². The molecule has 1 aromatic rings. The zero-order valence-electron chi connectivity index (χ0n) is 12.3. The molecule has 2 heterocycles. The predicted molar refractivity (Wildman–Crippen MR) is 85.3 cm³/mol. The molecule has 1 fully saturated rings. The van der Waals surface area contributed by atoms with E-state index in [9.17, 15) is 9.59 Å². The summed E-state index contributed by atoms with van der Waals surface area (Å²) in [5.74, 6) is 0.755. The molecule has 6 nitrogen and oxygen atoms in total. The average molecular weight is 326 g/mol. The number of halogens is 1. The number of hydrogen-bond donors (Lipinski definition) is 2. The first-order valence-electron chi connectivity index (χ1n) is 7.26. The summed E-state index contributed by atoms with van der Waals surface area (Å²) >= 11 is 0. The molecule has 0 radical (unpaired) electrons. The minimum absolute atomic E-state index is 0. The topological polar surface area (TPSA) is 70.7 Å². The van der Waals surface area contributed by atoms with Crippen molar-refractivity contribution >= 4 is 29.9 Å². The Balaban J connectivity index is 0.00000176. The number of carbonyl (C=O) groups excluding carboxylic acids is 2. The molecule has 22 heavy (non-hydrogen) atoms. The van der Waals surface area contributed by atoms with Crippen LogP contribution in [0.25, 0.3) is 0 Å². The van der Waals surface area contributed by atoms with E-state index in [0.29, 0.717) is 19.6 Å². The van der Waals surface area contributed by atoms with Gasteiger partial charge in [-0.15, -0.1) is 12.4 Å². The lowest BCUT2D eigenvalue weighted by Crippen LogP contribution is -2.33. The van der Waals surface area contributed by atoms with Gasteiger partial charge in [0.2, 0.25) is 11.8 Å². The maximum absolute atomic E-state index is 12.0. The number of rotatable bonds is 3. The molecule has 0 saturated carbocycles. The molecular weight excluding hydrogens is 306 g/mol. The lowest BCUT2D eigenvalue weighted by molar-refractivity contribution is -0.131. The van der Waals surface area contributed by atoms with Gasteiger partial charge in [0, 0.05) is 37.3 Å². The third kappa shape index (κ3) is 3.90. The molecule has 0 spiro atoms. The summed E-state index contributed by atoms with van der Waals surface area (Å²) in [5.41, 5.74) is 1.76. The Hall–Kier alpha value is -1.79. The van der Waals surface area contributed by atoms with E-state index in [-0.39, 0.29) is 30.8 Å². The molecule has 0 atom stereocenters. The standard InChI is InChI=1S/C15H19N3O3.ClH/c19-14(10-18-6-1-2-15(18)20)17-12-3-4-13-11(8-12)9-16-5-7-21-13;/h3-4,8,16H,1-2,5-7,9-10H2,(H,17,19);1H. The Kier molecular flexibility index (Phi) is 5.63. The minimum atomic E-state index is -0.160. The largest absolute Gasteiger partial charge is 0.492 e. The number of benzene rings is 1. The first-order chi connectivity index (χ1) is 10.2. The highest BCUT2D eigenvalue weighted by atomic mass is 35.5. The summed E-state index contributed by atoms with van der Waals surface area (Å²) in [5, 5.41) is 6.10. The van der Waals surface area contributed by atoms with Gasteiger partial charge in [-0.05, 0) is 24.6 Å². The second-order valence-electron chi connectivity index (χ2n) is 5.31. The molecule has 3 rings (SSSR count). The van der Waals surface area contributed by atoms with Gasteiger partial charge in [-0.25, -0.2) is 0 Å². The van der Waals surface area contributed by atoms with Crippen LogP contribution in [-0.4, -0.2) is 43.0 Å². The molecule has 0 unspecified atom stereocenters. The van der Waals surface area contributed by atoms with Crippen molar-refractivity contribution in [2.24, 2.45) is 0 Å². The molecule has 7 heteroatoms. The number of carbonyl (C=O) groups is 2. The molecule has 2 N–H and O–H groups in total. The van der Waals surface area contributed by atoms with Crippen LogP contribution in [0.3, 0.4) is 0 Å². The van der Waals surface area contributed by atoms with Gasteiger partial charge < -0.3 is 20.3 Å². The van der Waals surface area contributed by atoms with Crippen LogP contribution >= 0.6 is 12.4 Å². The van der Waals surface area contributed by atoms with Crippen molar-refractivity contribution in [1.82, 2.24) is 10.2 Å². The quantitative estimate of drug-likeness (QED) is 0.874. The highest BCUT2D eigenvalue weighted by Gasteiger charge is 2.22. The third-order valence-corrected chi connectivity index (χ3v) is 3.70. The molecule has 0 bridgehead atoms. The Morgan fingerprint density at radius 2 is 2.27 bits per heavy atom. The molecule has 2 aliphatic rings. The van der Waals surface area contributed by atoms with Gasteiger partial charge in [-0.1, -0.05) is 0 Å². The van der Waals surface area contributed by atoms with Crippen LogP contribution in [0.5, 0.6) is 5.75 Å². The molecule has 1 aromatic carbocycles. The van der Waals surface area contributed by atoms with E-state index in [4.69, 9.17) is 4.74 Å². The van der Waals surface area contributed by atoms with Crippen molar-refractivity contribution < 1.29 is 14.3 Å². The number of hydrogen-bond acceptors (Lipinski definition) is 4. The van der Waals surface area contributed by atoms with Crippen LogP contribution in [0, 0.1) is 0 Å². The first-order valence-corrected chi connectivity index (χ1v) is 7.26. The van der Waals surface area contributed by atoms with Gasteiger partial charge in [-0.2, -0.15) is 0 Å². The third-order valence-electron chi connectivity index (χ3n) is 3.70. The summed E-state index contributed by atoms with van der Waals surface area (Å²) in [6.45, 7) is 2.99. The van der Waals surface area contributed by atoms with Crippen molar-refractivity contribution in [2.45, 2.75) is 19.4 Å². The first kappa shape index (κ1) is 16.6. The summed E-state index contributed by atoms with van der Waals surface area (Å²) in [4.78, 5) is 25.1. The van der Waals surface area contributed by atoms with Crippen molar-refractivity contribution in [3.8, 4) is 5.75 Å². The highest BCUT2D eigenvalue weighted by molar-refractivity contribution is 5.95. The monoisotopic (exact) mass is 325 g/mol. The lowest BCUT2D eigenvalue weighted by Gasteiger charge is -2.15.